The highest BCUT2D eigenvalue weighted by Gasteiger charge is 2.25. The lowest BCUT2D eigenvalue weighted by atomic mass is 10.0. The van der Waals surface area contributed by atoms with Crippen LogP contribution in [0.3, 0.4) is 0 Å². The Morgan fingerprint density at radius 2 is 1.58 bits per heavy atom. The van der Waals surface area contributed by atoms with Gasteiger partial charge < -0.3 is 19.9 Å². The Bertz CT molecular complexity index is 457. The van der Waals surface area contributed by atoms with Crippen molar-refractivity contribution in [2.24, 2.45) is 5.73 Å². The van der Waals surface area contributed by atoms with E-state index in [1.54, 1.807) is 0 Å². The van der Waals surface area contributed by atoms with Crippen LogP contribution in [0.5, 0.6) is 0 Å². The summed E-state index contributed by atoms with van der Waals surface area (Å²) < 4.78 is 17.7. The highest BCUT2D eigenvalue weighted by atomic mass is 16.5. The second-order valence-corrected chi connectivity index (χ2v) is 7.75. The molecule has 0 spiro atoms. The van der Waals surface area contributed by atoms with Crippen LogP contribution < -0.4 is 5.73 Å². The van der Waals surface area contributed by atoms with E-state index in [-0.39, 0.29) is 23.5 Å². The maximum atomic E-state index is 6.07. The number of benzene rings is 1. The molecule has 0 aliphatic rings. The van der Waals surface area contributed by atoms with Gasteiger partial charge in [-0.25, -0.2) is 0 Å². The summed E-state index contributed by atoms with van der Waals surface area (Å²) in [7, 11) is 0. The average Bonchev–Trinajstić information content (AvgIpc) is 2.44. The monoisotopic (exact) mass is 337 g/mol. The van der Waals surface area contributed by atoms with Gasteiger partial charge in [0.15, 0.2) is 0 Å². The Hall–Kier alpha value is -0.940. The minimum Gasteiger partial charge on any atom is -0.375 e. The Kier molecular flexibility index (Phi) is 8.37. The van der Waals surface area contributed by atoms with Gasteiger partial charge in [-0.2, -0.15) is 0 Å². The molecular weight excluding hydrogens is 302 g/mol. The summed E-state index contributed by atoms with van der Waals surface area (Å²) in [5.41, 5.74) is 6.39. The first-order valence-corrected chi connectivity index (χ1v) is 8.82. The van der Waals surface area contributed by atoms with Crippen molar-refractivity contribution in [1.82, 2.24) is 0 Å². The molecule has 2 atom stereocenters. The quantitative estimate of drug-likeness (QED) is 0.613. The first kappa shape index (κ1) is 21.1. The molecule has 0 aliphatic carbocycles. The van der Waals surface area contributed by atoms with Crippen molar-refractivity contribution in [3.63, 3.8) is 0 Å². The van der Waals surface area contributed by atoms with E-state index in [0.717, 1.165) is 12.8 Å². The van der Waals surface area contributed by atoms with Gasteiger partial charge in [-0.3, -0.25) is 0 Å². The summed E-state index contributed by atoms with van der Waals surface area (Å²) in [4.78, 5) is 0. The fourth-order valence-corrected chi connectivity index (χ4v) is 2.66. The molecule has 1 aromatic carbocycles. The second kappa shape index (κ2) is 9.52. The zero-order chi connectivity index (χ0) is 18.2. The largest absolute Gasteiger partial charge is 0.375 e. The summed E-state index contributed by atoms with van der Waals surface area (Å²) in [6.07, 6.45) is 1.47. The van der Waals surface area contributed by atoms with Crippen molar-refractivity contribution in [2.75, 3.05) is 6.61 Å². The molecule has 0 saturated heterocycles. The van der Waals surface area contributed by atoms with E-state index in [4.69, 9.17) is 19.9 Å². The summed E-state index contributed by atoms with van der Waals surface area (Å²) in [6.45, 7) is 13.5. The van der Waals surface area contributed by atoms with Gasteiger partial charge in [0.05, 0.1) is 30.5 Å². The van der Waals surface area contributed by atoms with Crippen LogP contribution in [0, 0.1) is 0 Å². The lowest BCUT2D eigenvalue weighted by Gasteiger charge is -2.31. The second-order valence-electron chi connectivity index (χ2n) is 7.75. The average molecular weight is 338 g/mol. The maximum absolute atomic E-state index is 6.07. The van der Waals surface area contributed by atoms with Crippen LogP contribution in [0.1, 0.15) is 59.9 Å². The Morgan fingerprint density at radius 1 is 0.958 bits per heavy atom. The van der Waals surface area contributed by atoms with Gasteiger partial charge in [-0.1, -0.05) is 30.3 Å². The Balaban J connectivity index is 2.33. The third-order valence-corrected chi connectivity index (χ3v) is 3.90. The van der Waals surface area contributed by atoms with Crippen molar-refractivity contribution >= 4 is 0 Å². The maximum Gasteiger partial charge on any atom is 0.103 e. The molecule has 0 aliphatic heterocycles. The molecule has 24 heavy (non-hydrogen) atoms. The molecule has 0 bridgehead atoms. The lowest BCUT2D eigenvalue weighted by Crippen LogP contribution is -2.35. The topological polar surface area (TPSA) is 53.7 Å². The SMILES string of the molecule is CC(N)OC(C)CC(C)(C)OCCC(C)(C)OCc1ccccc1. The molecule has 0 fully saturated rings. The Labute approximate surface area is 147 Å². The molecule has 4 heteroatoms. The molecule has 2 unspecified atom stereocenters. The van der Waals surface area contributed by atoms with Crippen molar-refractivity contribution in [1.29, 1.82) is 0 Å². The van der Waals surface area contributed by atoms with Gasteiger partial charge in [0.1, 0.15) is 6.23 Å². The van der Waals surface area contributed by atoms with E-state index < -0.39 is 0 Å². The van der Waals surface area contributed by atoms with Gasteiger partial charge in [0.25, 0.3) is 0 Å². The third kappa shape index (κ3) is 9.38. The minimum absolute atomic E-state index is 0.0716. The van der Waals surface area contributed by atoms with E-state index in [1.807, 2.05) is 32.0 Å². The molecule has 0 amide bonds. The molecule has 138 valence electrons. The van der Waals surface area contributed by atoms with Crippen LogP contribution in [0.2, 0.25) is 0 Å². The van der Waals surface area contributed by atoms with Gasteiger partial charge in [-0.05, 0) is 53.5 Å². The van der Waals surface area contributed by atoms with Crippen LogP contribution in [0.25, 0.3) is 0 Å². The van der Waals surface area contributed by atoms with Gasteiger partial charge in [0.2, 0.25) is 0 Å². The van der Waals surface area contributed by atoms with Gasteiger partial charge in [-0.15, -0.1) is 0 Å². The Morgan fingerprint density at radius 3 is 2.17 bits per heavy atom. The van der Waals surface area contributed by atoms with Crippen LogP contribution in [-0.4, -0.2) is 30.1 Å². The smallest absolute Gasteiger partial charge is 0.103 e. The van der Waals surface area contributed by atoms with Crippen molar-refractivity contribution in [3.8, 4) is 0 Å². The van der Waals surface area contributed by atoms with E-state index in [0.29, 0.717) is 13.2 Å². The highest BCUT2D eigenvalue weighted by Crippen LogP contribution is 2.22. The zero-order valence-corrected chi connectivity index (χ0v) is 16.2. The first-order chi connectivity index (χ1) is 11.1. The molecule has 2 N–H and O–H groups in total. The highest BCUT2D eigenvalue weighted by molar-refractivity contribution is 5.13. The molecular formula is C20H35NO3. The van der Waals surface area contributed by atoms with Crippen molar-refractivity contribution in [2.45, 2.75) is 84.5 Å². The minimum atomic E-state index is -0.249. The summed E-state index contributed by atoms with van der Waals surface area (Å²) >= 11 is 0. The first-order valence-electron chi connectivity index (χ1n) is 8.82. The number of rotatable bonds is 11. The number of nitrogens with two attached hydrogens (primary N) is 1. The predicted octanol–water partition coefficient (Wildman–Crippen LogP) is 4.27. The molecule has 0 radical (unpaired) electrons. The molecule has 1 rings (SSSR count). The number of hydrogen-bond acceptors (Lipinski definition) is 4. The standard InChI is InChI=1S/C20H35NO3/c1-16(24-17(2)21)14-20(5,6)22-13-12-19(3,4)23-15-18-10-8-7-9-11-18/h7-11,16-17H,12-15,21H2,1-6H3. The van der Waals surface area contributed by atoms with E-state index in [2.05, 4.69) is 39.8 Å². The van der Waals surface area contributed by atoms with Crippen LogP contribution in [0.15, 0.2) is 30.3 Å². The van der Waals surface area contributed by atoms with Crippen LogP contribution >= 0.6 is 0 Å². The van der Waals surface area contributed by atoms with E-state index >= 15 is 0 Å². The molecule has 0 saturated carbocycles. The van der Waals surface area contributed by atoms with Crippen LogP contribution in [-0.2, 0) is 20.8 Å². The van der Waals surface area contributed by atoms with E-state index in [1.165, 1.54) is 5.56 Å². The number of hydrogen-bond donors (Lipinski definition) is 1. The third-order valence-electron chi connectivity index (χ3n) is 3.90. The van der Waals surface area contributed by atoms with Crippen molar-refractivity contribution < 1.29 is 14.2 Å². The fourth-order valence-electron chi connectivity index (χ4n) is 2.66. The number of ether oxygens (including phenoxy) is 3. The summed E-state index contributed by atoms with van der Waals surface area (Å²) in [6, 6.07) is 10.2. The molecule has 4 nitrogen and oxygen atoms in total. The molecule has 0 heterocycles. The van der Waals surface area contributed by atoms with Gasteiger partial charge >= 0.3 is 0 Å². The lowest BCUT2D eigenvalue weighted by molar-refractivity contribution is -0.0988. The van der Waals surface area contributed by atoms with E-state index in [9.17, 15) is 0 Å². The van der Waals surface area contributed by atoms with Crippen LogP contribution in [0.4, 0.5) is 0 Å². The van der Waals surface area contributed by atoms with Crippen molar-refractivity contribution in [3.05, 3.63) is 35.9 Å². The normalized spacial score (nSPS) is 15.3. The summed E-state index contributed by atoms with van der Waals surface area (Å²) in [5.74, 6) is 0. The fraction of sp³-hybridized carbons (Fsp3) is 0.700. The molecule has 0 aromatic heterocycles. The zero-order valence-electron chi connectivity index (χ0n) is 16.2. The summed E-state index contributed by atoms with van der Waals surface area (Å²) in [5, 5.41) is 0. The predicted molar refractivity (Wildman–Crippen MR) is 98.8 cm³/mol. The van der Waals surface area contributed by atoms with Gasteiger partial charge in [0, 0.05) is 6.42 Å². The molecule has 1 aromatic rings.